The highest BCUT2D eigenvalue weighted by molar-refractivity contribution is 14.1. The predicted molar refractivity (Wildman–Crippen MR) is 138 cm³/mol. The van der Waals surface area contributed by atoms with Crippen molar-refractivity contribution in [1.29, 1.82) is 0 Å². The first kappa shape index (κ1) is 24.1. The number of aliphatic hydroxyl groups excluding tert-OH is 1. The van der Waals surface area contributed by atoms with Crippen LogP contribution in [0.2, 0.25) is 0 Å². The van der Waals surface area contributed by atoms with Crippen LogP contribution in [0.1, 0.15) is 47.2 Å². The van der Waals surface area contributed by atoms with Gasteiger partial charge in [-0.15, -0.1) is 0 Å². The van der Waals surface area contributed by atoms with Crippen molar-refractivity contribution >= 4 is 28.5 Å². The second kappa shape index (κ2) is 11.9. The largest absolute Gasteiger partial charge is 0.493 e. The summed E-state index contributed by atoms with van der Waals surface area (Å²) in [6, 6.07) is 15.7. The van der Waals surface area contributed by atoms with Gasteiger partial charge in [0, 0.05) is 18.7 Å². The van der Waals surface area contributed by atoms with Crippen LogP contribution in [0.4, 0.5) is 0 Å². The van der Waals surface area contributed by atoms with E-state index < -0.39 is 0 Å². The Morgan fingerprint density at radius 1 is 1.09 bits per heavy atom. The number of carbonyl (C=O) groups is 1. The first-order valence-corrected chi connectivity index (χ1v) is 13.1. The molecule has 1 aliphatic heterocycles. The number of benzene rings is 2. The Morgan fingerprint density at radius 2 is 1.88 bits per heavy atom. The van der Waals surface area contributed by atoms with Gasteiger partial charge in [-0.1, -0.05) is 78.3 Å². The standard InChI is InChI=1S/C27H32INO4/c28-27-22(17-29(14-15-30)25(31)16-20-8-3-1-4-9-20)19-33-24-13-7-12-23(26(24)27)32-18-21-10-5-2-6-11-21/h1,3-4,7-9,12-13,19,21,27,30H,2,5-6,10-11,14-18H2. The van der Waals surface area contributed by atoms with Crippen LogP contribution in [0, 0.1) is 5.92 Å². The van der Waals surface area contributed by atoms with Gasteiger partial charge in [-0.25, -0.2) is 0 Å². The highest BCUT2D eigenvalue weighted by atomic mass is 127. The number of ether oxygens (including phenoxy) is 2. The molecule has 0 radical (unpaired) electrons. The van der Waals surface area contributed by atoms with Crippen molar-refractivity contribution in [1.82, 2.24) is 4.90 Å². The number of hydrogen-bond acceptors (Lipinski definition) is 4. The molecule has 33 heavy (non-hydrogen) atoms. The van der Waals surface area contributed by atoms with E-state index in [-0.39, 0.29) is 16.4 Å². The monoisotopic (exact) mass is 561 g/mol. The molecule has 1 amide bonds. The van der Waals surface area contributed by atoms with Crippen molar-refractivity contribution in [3.8, 4) is 11.5 Å². The molecule has 2 aliphatic rings. The second-order valence-electron chi connectivity index (χ2n) is 8.86. The maximum absolute atomic E-state index is 13.0. The molecular formula is C27H32INO4. The summed E-state index contributed by atoms with van der Waals surface area (Å²) in [7, 11) is 0. The van der Waals surface area contributed by atoms with Gasteiger partial charge in [-0.3, -0.25) is 4.79 Å². The van der Waals surface area contributed by atoms with Crippen molar-refractivity contribution < 1.29 is 19.4 Å². The molecular weight excluding hydrogens is 529 g/mol. The fraction of sp³-hybridized carbons (Fsp3) is 0.444. The van der Waals surface area contributed by atoms with Gasteiger partial charge in [0.2, 0.25) is 5.91 Å². The molecule has 1 aliphatic carbocycles. The van der Waals surface area contributed by atoms with E-state index in [1.165, 1.54) is 32.1 Å². The summed E-state index contributed by atoms with van der Waals surface area (Å²) in [5, 5.41) is 9.58. The van der Waals surface area contributed by atoms with E-state index in [2.05, 4.69) is 22.6 Å². The number of aliphatic hydroxyl groups is 1. The third-order valence-electron chi connectivity index (χ3n) is 6.44. The highest BCUT2D eigenvalue weighted by Crippen LogP contribution is 2.46. The highest BCUT2D eigenvalue weighted by Gasteiger charge is 2.29. The lowest BCUT2D eigenvalue weighted by Crippen LogP contribution is -2.37. The third-order valence-corrected chi connectivity index (χ3v) is 7.86. The van der Waals surface area contributed by atoms with Gasteiger partial charge >= 0.3 is 0 Å². The fourth-order valence-corrected chi connectivity index (χ4v) is 5.54. The molecule has 1 N–H and O–H groups in total. The number of halogens is 1. The lowest BCUT2D eigenvalue weighted by molar-refractivity contribution is -0.130. The Kier molecular flexibility index (Phi) is 8.67. The van der Waals surface area contributed by atoms with Crippen LogP contribution >= 0.6 is 22.6 Å². The number of alkyl halides is 1. The summed E-state index contributed by atoms with van der Waals surface area (Å²) in [4.78, 5) is 14.7. The molecule has 1 unspecified atom stereocenters. The van der Waals surface area contributed by atoms with Gasteiger partial charge in [0.1, 0.15) is 11.5 Å². The average Bonchev–Trinajstić information content (AvgIpc) is 2.85. The van der Waals surface area contributed by atoms with E-state index in [1.807, 2.05) is 48.5 Å². The molecule has 2 aromatic carbocycles. The van der Waals surface area contributed by atoms with Crippen LogP contribution < -0.4 is 9.47 Å². The van der Waals surface area contributed by atoms with Gasteiger partial charge < -0.3 is 19.5 Å². The maximum atomic E-state index is 13.0. The van der Waals surface area contributed by atoms with Crippen LogP contribution in [0.3, 0.4) is 0 Å². The molecule has 0 bridgehead atoms. The van der Waals surface area contributed by atoms with Crippen molar-refractivity contribution in [2.45, 2.75) is 42.4 Å². The number of hydrogen-bond donors (Lipinski definition) is 1. The SMILES string of the molecule is O=C(Cc1ccccc1)N(CCO)CC1=COc2cccc(OCC3CCCCC3)c2C1I. The molecule has 0 spiro atoms. The summed E-state index contributed by atoms with van der Waals surface area (Å²) < 4.78 is 12.3. The zero-order chi connectivity index (χ0) is 23.0. The van der Waals surface area contributed by atoms with Crippen LogP contribution in [-0.2, 0) is 11.2 Å². The Bertz CT molecular complexity index is 956. The Balaban J connectivity index is 1.45. The van der Waals surface area contributed by atoms with E-state index >= 15 is 0 Å². The molecule has 5 nitrogen and oxygen atoms in total. The fourth-order valence-electron chi connectivity index (χ4n) is 4.58. The molecule has 2 aromatic rings. The van der Waals surface area contributed by atoms with Crippen molar-refractivity contribution in [3.63, 3.8) is 0 Å². The number of amides is 1. The summed E-state index contributed by atoms with van der Waals surface area (Å²) in [5.41, 5.74) is 2.99. The van der Waals surface area contributed by atoms with Gasteiger partial charge in [-0.05, 0) is 36.5 Å². The van der Waals surface area contributed by atoms with E-state index in [4.69, 9.17) is 9.47 Å². The van der Waals surface area contributed by atoms with Crippen molar-refractivity contribution in [3.05, 3.63) is 71.5 Å². The van der Waals surface area contributed by atoms with Gasteiger partial charge in [0.25, 0.3) is 0 Å². The summed E-state index contributed by atoms with van der Waals surface area (Å²) in [5.74, 6) is 2.29. The normalized spacial score (nSPS) is 18.1. The number of fused-ring (bicyclic) bond motifs is 1. The minimum absolute atomic E-state index is 0.00706. The van der Waals surface area contributed by atoms with Gasteiger partial charge in [0.15, 0.2) is 0 Å². The predicted octanol–water partition coefficient (Wildman–Crippen LogP) is 5.46. The van der Waals surface area contributed by atoms with E-state index in [0.717, 1.165) is 34.8 Å². The Hall–Kier alpha value is -2.06. The van der Waals surface area contributed by atoms with Crippen LogP contribution in [0.5, 0.6) is 11.5 Å². The molecule has 4 rings (SSSR count). The van der Waals surface area contributed by atoms with E-state index in [0.29, 0.717) is 25.4 Å². The van der Waals surface area contributed by atoms with E-state index in [9.17, 15) is 9.90 Å². The molecule has 1 fully saturated rings. The topological polar surface area (TPSA) is 59.0 Å². The molecule has 0 saturated heterocycles. The van der Waals surface area contributed by atoms with Crippen molar-refractivity contribution in [2.75, 3.05) is 26.3 Å². The lowest BCUT2D eigenvalue weighted by Gasteiger charge is -2.30. The molecule has 1 atom stereocenters. The first-order chi connectivity index (χ1) is 16.2. The molecule has 0 aromatic heterocycles. The molecule has 1 heterocycles. The summed E-state index contributed by atoms with van der Waals surface area (Å²) in [6.07, 6.45) is 8.47. The smallest absolute Gasteiger partial charge is 0.227 e. The molecule has 6 heteroatoms. The number of rotatable bonds is 9. The number of carbonyl (C=O) groups excluding carboxylic acids is 1. The Morgan fingerprint density at radius 3 is 2.64 bits per heavy atom. The minimum Gasteiger partial charge on any atom is -0.493 e. The molecule has 176 valence electrons. The van der Waals surface area contributed by atoms with Gasteiger partial charge in [0.05, 0.1) is 35.4 Å². The van der Waals surface area contributed by atoms with E-state index in [1.54, 1.807) is 11.2 Å². The second-order valence-corrected chi connectivity index (χ2v) is 10.1. The maximum Gasteiger partial charge on any atom is 0.227 e. The van der Waals surface area contributed by atoms with Crippen molar-refractivity contribution in [2.24, 2.45) is 5.92 Å². The lowest BCUT2D eigenvalue weighted by atomic mass is 9.90. The van der Waals surface area contributed by atoms with Crippen LogP contribution in [-0.4, -0.2) is 42.2 Å². The quantitative estimate of drug-likeness (QED) is 0.326. The average molecular weight is 561 g/mol. The first-order valence-electron chi connectivity index (χ1n) is 11.8. The van der Waals surface area contributed by atoms with Crippen LogP contribution in [0.25, 0.3) is 0 Å². The Labute approximate surface area is 209 Å². The molecule has 1 saturated carbocycles. The van der Waals surface area contributed by atoms with Crippen LogP contribution in [0.15, 0.2) is 60.4 Å². The van der Waals surface area contributed by atoms with Gasteiger partial charge in [-0.2, -0.15) is 0 Å². The number of nitrogens with zero attached hydrogens (tertiary/aromatic N) is 1. The third kappa shape index (κ3) is 6.29. The summed E-state index contributed by atoms with van der Waals surface area (Å²) >= 11 is 2.41. The zero-order valence-electron chi connectivity index (χ0n) is 18.9. The summed E-state index contributed by atoms with van der Waals surface area (Å²) in [6.45, 7) is 1.37. The zero-order valence-corrected chi connectivity index (χ0v) is 21.1. The minimum atomic E-state index is -0.0765.